The van der Waals surface area contributed by atoms with E-state index in [0.717, 1.165) is 18.4 Å². The molecule has 9 heavy (non-hydrogen) atoms. The second-order valence-corrected chi connectivity index (χ2v) is 2.01. The van der Waals surface area contributed by atoms with Crippen molar-refractivity contribution < 1.29 is 9.84 Å². The molecule has 2 nitrogen and oxygen atoms in total. The van der Waals surface area contributed by atoms with Gasteiger partial charge in [-0.2, -0.15) is 0 Å². The Morgan fingerprint density at radius 3 is 2.78 bits per heavy atom. The lowest BCUT2D eigenvalue weighted by Crippen LogP contribution is -1.93. The summed E-state index contributed by atoms with van der Waals surface area (Å²) in [4.78, 5) is 0. The minimum absolute atomic E-state index is 0.239. The number of rotatable bonds is 5. The highest BCUT2D eigenvalue weighted by atomic mass is 16.5. The summed E-state index contributed by atoms with van der Waals surface area (Å²) in [6.07, 6.45) is 1.66. The molecule has 0 aromatic heterocycles. The highest BCUT2D eigenvalue weighted by molar-refractivity contribution is 4.93. The highest BCUT2D eigenvalue weighted by Crippen LogP contribution is 2.00. The van der Waals surface area contributed by atoms with Gasteiger partial charge in [0.1, 0.15) is 0 Å². The Bertz CT molecular complexity index is 79.0. The summed E-state index contributed by atoms with van der Waals surface area (Å²) in [7, 11) is 1.64. The second kappa shape index (κ2) is 5.79. The van der Waals surface area contributed by atoms with E-state index in [-0.39, 0.29) is 6.61 Å². The van der Waals surface area contributed by atoms with E-state index in [9.17, 15) is 0 Å². The Morgan fingerprint density at radius 1 is 1.67 bits per heavy atom. The molecule has 0 bridgehead atoms. The molecule has 0 radical (unpaired) electrons. The van der Waals surface area contributed by atoms with Gasteiger partial charge in [-0.05, 0) is 12.8 Å². The van der Waals surface area contributed by atoms with Crippen molar-refractivity contribution in [1.82, 2.24) is 0 Å². The molecule has 0 aromatic rings. The van der Waals surface area contributed by atoms with Crippen LogP contribution in [0.4, 0.5) is 0 Å². The summed E-state index contributed by atoms with van der Waals surface area (Å²) in [5.74, 6) is 0. The molecular weight excluding hydrogens is 116 g/mol. The zero-order valence-corrected chi connectivity index (χ0v) is 5.89. The van der Waals surface area contributed by atoms with Crippen molar-refractivity contribution in [2.45, 2.75) is 12.8 Å². The summed E-state index contributed by atoms with van der Waals surface area (Å²) in [5.41, 5.74) is 1.05. The van der Waals surface area contributed by atoms with Crippen molar-refractivity contribution >= 4 is 0 Å². The third kappa shape index (κ3) is 5.53. The average molecular weight is 130 g/mol. The van der Waals surface area contributed by atoms with E-state index in [0.29, 0.717) is 6.61 Å². The normalized spacial score (nSPS) is 9.56. The van der Waals surface area contributed by atoms with Crippen LogP contribution >= 0.6 is 0 Å². The lowest BCUT2D eigenvalue weighted by atomic mass is 10.2. The van der Waals surface area contributed by atoms with Crippen molar-refractivity contribution in [2.24, 2.45) is 0 Å². The second-order valence-electron chi connectivity index (χ2n) is 2.01. The number of hydrogen-bond donors (Lipinski definition) is 1. The third-order valence-corrected chi connectivity index (χ3v) is 1.04. The summed E-state index contributed by atoms with van der Waals surface area (Å²) in [5, 5.41) is 8.40. The Hall–Kier alpha value is -0.340. The SMILES string of the molecule is C=C(CCCO)COC. The van der Waals surface area contributed by atoms with Gasteiger partial charge in [0.2, 0.25) is 0 Å². The summed E-state index contributed by atoms with van der Waals surface area (Å²) >= 11 is 0. The molecular formula is C7H14O2. The Kier molecular flexibility index (Phi) is 5.57. The molecule has 0 unspecified atom stereocenters. The van der Waals surface area contributed by atoms with Crippen LogP contribution in [0.15, 0.2) is 12.2 Å². The van der Waals surface area contributed by atoms with E-state index in [4.69, 9.17) is 9.84 Å². The van der Waals surface area contributed by atoms with Gasteiger partial charge in [0, 0.05) is 13.7 Å². The molecule has 0 aromatic carbocycles. The zero-order valence-electron chi connectivity index (χ0n) is 5.89. The molecule has 0 aliphatic carbocycles. The highest BCUT2D eigenvalue weighted by Gasteiger charge is 1.90. The maximum Gasteiger partial charge on any atom is 0.0670 e. The summed E-state index contributed by atoms with van der Waals surface area (Å²) < 4.78 is 4.82. The van der Waals surface area contributed by atoms with Crippen LogP contribution in [0, 0.1) is 0 Å². The van der Waals surface area contributed by atoms with Crippen molar-refractivity contribution in [3.63, 3.8) is 0 Å². The minimum Gasteiger partial charge on any atom is -0.396 e. The van der Waals surface area contributed by atoms with Crippen LogP contribution < -0.4 is 0 Å². The van der Waals surface area contributed by atoms with E-state index in [1.165, 1.54) is 0 Å². The topological polar surface area (TPSA) is 29.5 Å². The van der Waals surface area contributed by atoms with Crippen LogP contribution in [-0.2, 0) is 4.74 Å². The Morgan fingerprint density at radius 2 is 2.33 bits per heavy atom. The number of methoxy groups -OCH3 is 1. The monoisotopic (exact) mass is 130 g/mol. The van der Waals surface area contributed by atoms with Gasteiger partial charge < -0.3 is 9.84 Å². The van der Waals surface area contributed by atoms with E-state index in [1.54, 1.807) is 7.11 Å². The first kappa shape index (κ1) is 8.66. The van der Waals surface area contributed by atoms with Crippen LogP contribution in [0.2, 0.25) is 0 Å². The third-order valence-electron chi connectivity index (χ3n) is 1.04. The van der Waals surface area contributed by atoms with Gasteiger partial charge in [-0.15, -0.1) is 0 Å². The number of aliphatic hydroxyl groups excluding tert-OH is 1. The molecule has 0 heterocycles. The molecule has 0 saturated carbocycles. The van der Waals surface area contributed by atoms with Gasteiger partial charge in [0.25, 0.3) is 0 Å². The van der Waals surface area contributed by atoms with Crippen LogP contribution in [0.25, 0.3) is 0 Å². The van der Waals surface area contributed by atoms with Crippen LogP contribution in [0.3, 0.4) is 0 Å². The molecule has 0 atom stereocenters. The lowest BCUT2D eigenvalue weighted by Gasteiger charge is -2.00. The molecule has 0 saturated heterocycles. The number of aliphatic hydroxyl groups is 1. The van der Waals surface area contributed by atoms with E-state index < -0.39 is 0 Å². The maximum atomic E-state index is 8.40. The first-order valence-electron chi connectivity index (χ1n) is 3.07. The van der Waals surface area contributed by atoms with Gasteiger partial charge in [-0.3, -0.25) is 0 Å². The fourth-order valence-electron chi connectivity index (χ4n) is 0.605. The molecule has 0 rings (SSSR count). The largest absolute Gasteiger partial charge is 0.396 e. The van der Waals surface area contributed by atoms with Gasteiger partial charge in [-0.25, -0.2) is 0 Å². The van der Waals surface area contributed by atoms with Gasteiger partial charge in [-0.1, -0.05) is 12.2 Å². The van der Waals surface area contributed by atoms with Gasteiger partial charge in [0.05, 0.1) is 6.61 Å². The predicted molar refractivity (Wildman–Crippen MR) is 37.3 cm³/mol. The van der Waals surface area contributed by atoms with Crippen LogP contribution in [0.5, 0.6) is 0 Å². The predicted octanol–water partition coefficient (Wildman–Crippen LogP) is 0.962. The van der Waals surface area contributed by atoms with Crippen molar-refractivity contribution in [1.29, 1.82) is 0 Å². The van der Waals surface area contributed by atoms with E-state index >= 15 is 0 Å². The van der Waals surface area contributed by atoms with Crippen molar-refractivity contribution in [3.8, 4) is 0 Å². The summed E-state index contributed by atoms with van der Waals surface area (Å²) in [6, 6.07) is 0. The Labute approximate surface area is 56.1 Å². The van der Waals surface area contributed by atoms with Crippen LogP contribution in [-0.4, -0.2) is 25.4 Å². The summed E-state index contributed by atoms with van der Waals surface area (Å²) in [6.45, 7) is 4.60. The van der Waals surface area contributed by atoms with Crippen LogP contribution in [0.1, 0.15) is 12.8 Å². The van der Waals surface area contributed by atoms with Crippen molar-refractivity contribution in [2.75, 3.05) is 20.3 Å². The standard InChI is InChI=1S/C7H14O2/c1-7(6-9-2)4-3-5-8/h8H,1,3-6H2,2H3. The molecule has 0 fully saturated rings. The minimum atomic E-state index is 0.239. The first-order valence-corrected chi connectivity index (χ1v) is 3.07. The average Bonchev–Trinajstić information content (AvgIpc) is 1.85. The fraction of sp³-hybridized carbons (Fsp3) is 0.714. The molecule has 0 aliphatic heterocycles. The molecule has 0 amide bonds. The molecule has 0 aliphatic rings. The first-order chi connectivity index (χ1) is 4.31. The molecule has 54 valence electrons. The molecule has 0 spiro atoms. The zero-order chi connectivity index (χ0) is 7.11. The fourth-order valence-corrected chi connectivity index (χ4v) is 0.605. The lowest BCUT2D eigenvalue weighted by molar-refractivity contribution is 0.220. The molecule has 2 heteroatoms. The number of hydrogen-bond acceptors (Lipinski definition) is 2. The van der Waals surface area contributed by atoms with Gasteiger partial charge >= 0.3 is 0 Å². The number of ether oxygens (including phenoxy) is 1. The maximum absolute atomic E-state index is 8.40. The van der Waals surface area contributed by atoms with Gasteiger partial charge in [0.15, 0.2) is 0 Å². The van der Waals surface area contributed by atoms with Crippen molar-refractivity contribution in [3.05, 3.63) is 12.2 Å². The smallest absolute Gasteiger partial charge is 0.0670 e. The van der Waals surface area contributed by atoms with E-state index in [2.05, 4.69) is 6.58 Å². The molecule has 1 N–H and O–H groups in total. The quantitative estimate of drug-likeness (QED) is 0.562. The van der Waals surface area contributed by atoms with E-state index in [1.807, 2.05) is 0 Å². The Balaban J connectivity index is 3.06.